The standard InChI is InChI=1S/C20H13F3N4OS/c21-20(22,23)14-2-1-3-15(8-14)26-18(28)13-7-17(29-10-13)11-4-5-16-12(6-11)9-25-19(24)27-16/h1-10H,(H,26,28)(H2,24,25,27). The zero-order valence-electron chi connectivity index (χ0n) is 14.7. The highest BCUT2D eigenvalue weighted by atomic mass is 32.1. The molecule has 5 nitrogen and oxygen atoms in total. The van der Waals surface area contributed by atoms with Gasteiger partial charge in [0.05, 0.1) is 16.6 Å². The third-order valence-electron chi connectivity index (χ3n) is 4.19. The van der Waals surface area contributed by atoms with E-state index in [0.29, 0.717) is 11.1 Å². The molecule has 4 rings (SSSR count). The molecule has 9 heteroatoms. The van der Waals surface area contributed by atoms with Crippen molar-refractivity contribution in [2.75, 3.05) is 11.1 Å². The molecule has 0 saturated heterocycles. The Bertz CT molecular complexity index is 1220. The molecule has 0 unspecified atom stereocenters. The van der Waals surface area contributed by atoms with Gasteiger partial charge < -0.3 is 11.1 Å². The molecule has 0 aliphatic heterocycles. The lowest BCUT2D eigenvalue weighted by Crippen LogP contribution is -2.12. The number of nitrogens with zero attached hydrogens (tertiary/aromatic N) is 2. The number of aromatic nitrogens is 2. The smallest absolute Gasteiger partial charge is 0.368 e. The van der Waals surface area contributed by atoms with Crippen molar-refractivity contribution in [1.29, 1.82) is 0 Å². The van der Waals surface area contributed by atoms with E-state index in [4.69, 9.17) is 5.73 Å². The summed E-state index contributed by atoms with van der Waals surface area (Å²) in [6, 6.07) is 11.8. The molecule has 2 aromatic carbocycles. The van der Waals surface area contributed by atoms with Gasteiger partial charge in [0, 0.05) is 27.5 Å². The number of thiophene rings is 1. The van der Waals surface area contributed by atoms with Gasteiger partial charge in [0.15, 0.2) is 0 Å². The van der Waals surface area contributed by atoms with Gasteiger partial charge in [-0.3, -0.25) is 4.79 Å². The predicted octanol–water partition coefficient (Wildman–Crippen LogP) is 5.21. The van der Waals surface area contributed by atoms with Crippen LogP contribution in [0.3, 0.4) is 0 Å². The lowest BCUT2D eigenvalue weighted by Gasteiger charge is -2.09. The number of nitrogens with two attached hydrogens (primary N) is 1. The first kappa shape index (κ1) is 18.9. The minimum Gasteiger partial charge on any atom is -0.368 e. The molecule has 0 saturated carbocycles. The highest BCUT2D eigenvalue weighted by Crippen LogP contribution is 2.32. The number of rotatable bonds is 3. The largest absolute Gasteiger partial charge is 0.416 e. The van der Waals surface area contributed by atoms with Gasteiger partial charge in [-0.2, -0.15) is 13.2 Å². The molecular formula is C20H13F3N4OS. The van der Waals surface area contributed by atoms with E-state index in [1.807, 2.05) is 18.2 Å². The van der Waals surface area contributed by atoms with Gasteiger partial charge in [0.1, 0.15) is 0 Å². The van der Waals surface area contributed by atoms with Crippen molar-refractivity contribution in [3.8, 4) is 10.4 Å². The van der Waals surface area contributed by atoms with Crippen LogP contribution < -0.4 is 11.1 Å². The summed E-state index contributed by atoms with van der Waals surface area (Å²) in [7, 11) is 0. The number of carbonyl (C=O) groups excluding carboxylic acids is 1. The molecule has 1 amide bonds. The third kappa shape index (κ3) is 4.04. The minimum absolute atomic E-state index is 0.0815. The zero-order chi connectivity index (χ0) is 20.6. The summed E-state index contributed by atoms with van der Waals surface area (Å²) in [6.45, 7) is 0. The number of nitrogen functional groups attached to an aromatic ring is 1. The van der Waals surface area contributed by atoms with Crippen molar-refractivity contribution >= 4 is 39.8 Å². The van der Waals surface area contributed by atoms with Gasteiger partial charge in [-0.1, -0.05) is 12.1 Å². The second-order valence-corrected chi connectivity index (χ2v) is 7.15. The van der Waals surface area contributed by atoms with Crippen LogP contribution in [-0.4, -0.2) is 15.9 Å². The van der Waals surface area contributed by atoms with Crippen molar-refractivity contribution < 1.29 is 18.0 Å². The fraction of sp³-hybridized carbons (Fsp3) is 0.0500. The van der Waals surface area contributed by atoms with E-state index >= 15 is 0 Å². The van der Waals surface area contributed by atoms with Crippen LogP contribution in [0.25, 0.3) is 21.3 Å². The average Bonchev–Trinajstić information content (AvgIpc) is 3.17. The monoisotopic (exact) mass is 414 g/mol. The van der Waals surface area contributed by atoms with Crippen molar-refractivity contribution in [3.63, 3.8) is 0 Å². The van der Waals surface area contributed by atoms with Crippen molar-refractivity contribution in [1.82, 2.24) is 9.97 Å². The number of fused-ring (bicyclic) bond motifs is 1. The number of alkyl halides is 3. The lowest BCUT2D eigenvalue weighted by atomic mass is 10.1. The summed E-state index contributed by atoms with van der Waals surface area (Å²) in [5.41, 5.74) is 6.78. The molecule has 3 N–H and O–H groups in total. The van der Waals surface area contributed by atoms with Gasteiger partial charge in [0.25, 0.3) is 5.91 Å². The number of hydrogen-bond acceptors (Lipinski definition) is 5. The summed E-state index contributed by atoms with van der Waals surface area (Å²) < 4.78 is 38.5. The fourth-order valence-electron chi connectivity index (χ4n) is 2.78. The Balaban J connectivity index is 1.56. The molecule has 0 aliphatic carbocycles. The molecule has 2 aromatic heterocycles. The molecule has 0 bridgehead atoms. The molecule has 146 valence electrons. The van der Waals surface area contributed by atoms with E-state index in [9.17, 15) is 18.0 Å². The van der Waals surface area contributed by atoms with Gasteiger partial charge in [-0.15, -0.1) is 11.3 Å². The van der Waals surface area contributed by atoms with Crippen LogP contribution in [0.1, 0.15) is 15.9 Å². The summed E-state index contributed by atoms with van der Waals surface area (Å²) in [4.78, 5) is 21.4. The normalized spacial score (nSPS) is 11.6. The first-order chi connectivity index (χ1) is 13.8. The van der Waals surface area contributed by atoms with E-state index in [-0.39, 0.29) is 11.6 Å². The molecule has 4 aromatic rings. The summed E-state index contributed by atoms with van der Waals surface area (Å²) in [5.74, 6) is -0.293. The van der Waals surface area contributed by atoms with E-state index < -0.39 is 17.6 Å². The number of hydrogen-bond donors (Lipinski definition) is 2. The Morgan fingerprint density at radius 1 is 1.10 bits per heavy atom. The van der Waals surface area contributed by atoms with Crippen molar-refractivity contribution in [2.24, 2.45) is 0 Å². The maximum atomic E-state index is 12.8. The summed E-state index contributed by atoms with van der Waals surface area (Å²) >= 11 is 1.35. The van der Waals surface area contributed by atoms with Crippen LogP contribution in [-0.2, 0) is 6.18 Å². The molecule has 2 heterocycles. The quantitative estimate of drug-likeness (QED) is 0.482. The number of amides is 1. The van der Waals surface area contributed by atoms with Crippen LogP contribution in [0, 0.1) is 0 Å². The van der Waals surface area contributed by atoms with Gasteiger partial charge in [0.2, 0.25) is 5.95 Å². The van der Waals surface area contributed by atoms with E-state index in [1.165, 1.54) is 23.5 Å². The SMILES string of the molecule is Nc1ncc2cc(-c3cc(C(=O)Nc4cccc(C(F)(F)F)c4)cs3)ccc2n1. The molecule has 0 fully saturated rings. The van der Waals surface area contributed by atoms with Crippen LogP contribution >= 0.6 is 11.3 Å². The molecule has 0 atom stereocenters. The minimum atomic E-state index is -4.47. The highest BCUT2D eigenvalue weighted by molar-refractivity contribution is 7.13. The Hall–Kier alpha value is -3.46. The number of nitrogens with one attached hydrogen (secondary N) is 1. The van der Waals surface area contributed by atoms with Gasteiger partial charge in [-0.05, 0) is 42.0 Å². The predicted molar refractivity (Wildman–Crippen MR) is 107 cm³/mol. The third-order valence-corrected chi connectivity index (χ3v) is 5.17. The number of halogens is 3. The van der Waals surface area contributed by atoms with E-state index in [2.05, 4.69) is 15.3 Å². The van der Waals surface area contributed by atoms with Crippen molar-refractivity contribution in [3.05, 3.63) is 71.2 Å². The van der Waals surface area contributed by atoms with Crippen LogP contribution in [0.4, 0.5) is 24.8 Å². The Labute approximate surface area is 167 Å². The molecule has 0 aliphatic rings. The number of carbonyl (C=O) groups is 1. The lowest BCUT2D eigenvalue weighted by molar-refractivity contribution is -0.137. The van der Waals surface area contributed by atoms with E-state index in [1.54, 1.807) is 17.6 Å². The maximum absolute atomic E-state index is 12.8. The maximum Gasteiger partial charge on any atom is 0.416 e. The Kier molecular flexibility index (Phi) is 4.67. The van der Waals surface area contributed by atoms with Gasteiger partial charge >= 0.3 is 6.18 Å². The molecule has 0 spiro atoms. The van der Waals surface area contributed by atoms with Crippen LogP contribution in [0.2, 0.25) is 0 Å². The second-order valence-electron chi connectivity index (χ2n) is 6.23. The second kappa shape index (κ2) is 7.17. The number of anilines is 2. The molecule has 29 heavy (non-hydrogen) atoms. The Morgan fingerprint density at radius 2 is 1.93 bits per heavy atom. The first-order valence-electron chi connectivity index (χ1n) is 8.39. The molecular weight excluding hydrogens is 401 g/mol. The fourth-order valence-corrected chi connectivity index (χ4v) is 3.67. The topological polar surface area (TPSA) is 80.9 Å². The van der Waals surface area contributed by atoms with Gasteiger partial charge in [-0.25, -0.2) is 9.97 Å². The number of benzene rings is 2. The Morgan fingerprint density at radius 3 is 2.72 bits per heavy atom. The van der Waals surface area contributed by atoms with Crippen LogP contribution in [0.5, 0.6) is 0 Å². The molecule has 0 radical (unpaired) electrons. The zero-order valence-corrected chi connectivity index (χ0v) is 15.5. The highest BCUT2D eigenvalue weighted by Gasteiger charge is 2.30. The van der Waals surface area contributed by atoms with E-state index in [0.717, 1.165) is 28.0 Å². The van der Waals surface area contributed by atoms with Crippen LogP contribution in [0.15, 0.2) is 60.1 Å². The average molecular weight is 414 g/mol. The first-order valence-corrected chi connectivity index (χ1v) is 9.27. The summed E-state index contributed by atoms with van der Waals surface area (Å²) in [6.07, 6.45) is -2.85. The summed E-state index contributed by atoms with van der Waals surface area (Å²) in [5, 5.41) is 4.97. The van der Waals surface area contributed by atoms with Crippen molar-refractivity contribution in [2.45, 2.75) is 6.18 Å².